The Labute approximate surface area is 100 Å². The van der Waals surface area contributed by atoms with Gasteiger partial charge >= 0.3 is 0 Å². The third kappa shape index (κ3) is 4.11. The Morgan fingerprint density at radius 2 is 2.20 bits per heavy atom. The summed E-state index contributed by atoms with van der Waals surface area (Å²) in [5.74, 6) is 0.0355. The lowest BCUT2D eigenvalue weighted by molar-refractivity contribution is -0.132. The van der Waals surface area contributed by atoms with Crippen molar-refractivity contribution in [2.75, 3.05) is 11.9 Å². The highest BCUT2D eigenvalue weighted by Crippen LogP contribution is 2.20. The second-order valence-electron chi connectivity index (χ2n) is 5.03. The van der Waals surface area contributed by atoms with Crippen molar-refractivity contribution in [3.63, 3.8) is 0 Å². The first kappa shape index (κ1) is 13.0. The highest BCUT2D eigenvalue weighted by Gasteiger charge is 2.29. The van der Waals surface area contributed by atoms with Crippen LogP contribution in [0.3, 0.4) is 0 Å². The van der Waals surface area contributed by atoms with E-state index >= 15 is 0 Å². The van der Waals surface area contributed by atoms with Crippen molar-refractivity contribution in [3.8, 4) is 0 Å². The zero-order chi connectivity index (χ0) is 11.5. The van der Waals surface area contributed by atoms with Gasteiger partial charge in [0, 0.05) is 11.9 Å². The molecule has 1 aliphatic rings. The van der Waals surface area contributed by atoms with Crippen LogP contribution in [0.5, 0.6) is 0 Å². The molecule has 0 aliphatic carbocycles. The van der Waals surface area contributed by atoms with Gasteiger partial charge in [-0.1, -0.05) is 29.8 Å². The number of carbonyl (C=O) groups is 1. The van der Waals surface area contributed by atoms with Crippen LogP contribution in [0.2, 0.25) is 0 Å². The molecule has 2 unspecified atom stereocenters. The highest BCUT2D eigenvalue weighted by atomic mass is 79.9. The molecule has 2 atom stereocenters. The van der Waals surface area contributed by atoms with Crippen LogP contribution >= 0.6 is 15.9 Å². The third-order valence-electron chi connectivity index (χ3n) is 2.63. The lowest BCUT2D eigenvalue weighted by Crippen LogP contribution is -2.40. The Bertz CT molecular complexity index is 231. The summed E-state index contributed by atoms with van der Waals surface area (Å²) < 4.78 is 5.50. The van der Waals surface area contributed by atoms with E-state index in [9.17, 15) is 4.79 Å². The van der Waals surface area contributed by atoms with Gasteiger partial charge in [0.1, 0.15) is 6.10 Å². The van der Waals surface area contributed by atoms with Crippen LogP contribution in [0, 0.1) is 5.41 Å². The van der Waals surface area contributed by atoms with Crippen LogP contribution in [0.1, 0.15) is 33.6 Å². The molecule has 0 aromatic carbocycles. The molecule has 0 bridgehead atoms. The Balaban J connectivity index is 2.30. The normalized spacial score (nSPS) is 26.7. The zero-order valence-corrected chi connectivity index (χ0v) is 11.3. The lowest BCUT2D eigenvalue weighted by atomic mass is 9.97. The Morgan fingerprint density at radius 3 is 2.67 bits per heavy atom. The van der Waals surface area contributed by atoms with Crippen molar-refractivity contribution in [2.24, 2.45) is 5.41 Å². The van der Waals surface area contributed by atoms with E-state index in [-0.39, 0.29) is 23.5 Å². The molecule has 1 aliphatic heterocycles. The summed E-state index contributed by atoms with van der Waals surface area (Å²) in [5.41, 5.74) is 0.0971. The number of alkyl halides is 1. The predicted octanol–water partition coefficient (Wildman–Crippen LogP) is 2.09. The molecule has 1 rings (SSSR count). The van der Waals surface area contributed by atoms with Gasteiger partial charge in [-0.25, -0.2) is 0 Å². The summed E-state index contributed by atoms with van der Waals surface area (Å²) in [6, 6.07) is 0. The van der Waals surface area contributed by atoms with Crippen molar-refractivity contribution in [1.82, 2.24) is 5.32 Å². The first-order chi connectivity index (χ1) is 6.94. The number of amides is 1. The van der Waals surface area contributed by atoms with Crippen LogP contribution in [-0.2, 0) is 9.53 Å². The number of carbonyl (C=O) groups excluding carboxylic acids is 1. The van der Waals surface area contributed by atoms with Gasteiger partial charge in [0.05, 0.1) is 6.10 Å². The minimum absolute atomic E-state index is 0.0355. The smallest absolute Gasteiger partial charge is 0.249 e. The van der Waals surface area contributed by atoms with Crippen molar-refractivity contribution in [2.45, 2.75) is 45.8 Å². The maximum absolute atomic E-state index is 11.7. The third-order valence-corrected chi connectivity index (χ3v) is 4.15. The fourth-order valence-electron chi connectivity index (χ4n) is 1.48. The van der Waals surface area contributed by atoms with E-state index in [1.54, 1.807) is 0 Å². The molecule has 0 aromatic heterocycles. The summed E-state index contributed by atoms with van der Waals surface area (Å²) in [7, 11) is 0. The van der Waals surface area contributed by atoms with Crippen molar-refractivity contribution >= 4 is 21.8 Å². The Morgan fingerprint density at radius 1 is 1.53 bits per heavy atom. The number of rotatable bonds is 4. The van der Waals surface area contributed by atoms with E-state index in [1.807, 2.05) is 6.92 Å². The monoisotopic (exact) mass is 277 g/mol. The van der Waals surface area contributed by atoms with Crippen LogP contribution in [0.25, 0.3) is 0 Å². The molecule has 1 amide bonds. The van der Waals surface area contributed by atoms with E-state index in [0.29, 0.717) is 6.54 Å². The second-order valence-corrected chi connectivity index (χ2v) is 5.59. The average molecular weight is 278 g/mol. The maximum atomic E-state index is 11.7. The Kier molecular flexibility index (Phi) is 4.59. The molecule has 88 valence electrons. The molecule has 0 spiro atoms. The van der Waals surface area contributed by atoms with Crippen molar-refractivity contribution in [1.29, 1.82) is 0 Å². The van der Waals surface area contributed by atoms with Gasteiger partial charge < -0.3 is 10.1 Å². The fraction of sp³-hybridized carbons (Fsp3) is 0.909. The average Bonchev–Trinajstić information content (AvgIpc) is 2.61. The van der Waals surface area contributed by atoms with Crippen LogP contribution in [-0.4, -0.2) is 30.0 Å². The SMILES string of the molecule is CC1CCC(C(=O)NCC(C)(C)CBr)O1. The number of hydrogen-bond donors (Lipinski definition) is 1. The second kappa shape index (κ2) is 5.30. The molecule has 0 radical (unpaired) electrons. The molecule has 3 nitrogen and oxygen atoms in total. The molecule has 1 N–H and O–H groups in total. The van der Waals surface area contributed by atoms with Gasteiger partial charge in [0.2, 0.25) is 5.91 Å². The molecule has 1 fully saturated rings. The Hall–Kier alpha value is -0.0900. The van der Waals surface area contributed by atoms with Crippen LogP contribution in [0.4, 0.5) is 0 Å². The maximum Gasteiger partial charge on any atom is 0.249 e. The molecule has 0 saturated carbocycles. The topological polar surface area (TPSA) is 38.3 Å². The number of hydrogen-bond acceptors (Lipinski definition) is 2. The first-order valence-corrected chi connectivity index (χ1v) is 6.56. The summed E-state index contributed by atoms with van der Waals surface area (Å²) in [6.07, 6.45) is 1.83. The number of ether oxygens (including phenoxy) is 1. The number of halogens is 1. The standard InChI is InChI=1S/C11H20BrNO2/c1-8-4-5-9(15-8)10(14)13-7-11(2,3)6-12/h8-9H,4-7H2,1-3H3,(H,13,14). The summed E-state index contributed by atoms with van der Waals surface area (Å²) >= 11 is 3.43. The quantitative estimate of drug-likeness (QED) is 0.800. The van der Waals surface area contributed by atoms with Gasteiger partial charge in [-0.3, -0.25) is 4.79 Å². The van der Waals surface area contributed by atoms with Crippen molar-refractivity contribution < 1.29 is 9.53 Å². The van der Waals surface area contributed by atoms with Gasteiger partial charge in [0.25, 0.3) is 0 Å². The largest absolute Gasteiger partial charge is 0.365 e. The minimum atomic E-state index is -0.230. The molecular weight excluding hydrogens is 258 g/mol. The van der Waals surface area contributed by atoms with Gasteiger partial charge in [0.15, 0.2) is 0 Å². The summed E-state index contributed by atoms with van der Waals surface area (Å²) in [5, 5.41) is 3.82. The molecule has 1 saturated heterocycles. The van der Waals surface area contributed by atoms with E-state index in [4.69, 9.17) is 4.74 Å². The van der Waals surface area contributed by atoms with Crippen molar-refractivity contribution in [3.05, 3.63) is 0 Å². The first-order valence-electron chi connectivity index (χ1n) is 5.44. The number of nitrogens with one attached hydrogen (secondary N) is 1. The fourth-order valence-corrected chi connectivity index (χ4v) is 1.68. The van der Waals surface area contributed by atoms with E-state index < -0.39 is 0 Å². The van der Waals surface area contributed by atoms with Crippen LogP contribution < -0.4 is 5.32 Å². The molecule has 1 heterocycles. The summed E-state index contributed by atoms with van der Waals surface area (Å²) in [6.45, 7) is 6.92. The summed E-state index contributed by atoms with van der Waals surface area (Å²) in [4.78, 5) is 11.7. The predicted molar refractivity (Wildman–Crippen MR) is 64.2 cm³/mol. The molecule has 0 aromatic rings. The molecule has 4 heteroatoms. The van der Waals surface area contributed by atoms with E-state index in [1.165, 1.54) is 0 Å². The highest BCUT2D eigenvalue weighted by molar-refractivity contribution is 9.09. The van der Waals surface area contributed by atoms with Gasteiger partial charge in [-0.05, 0) is 25.2 Å². The zero-order valence-electron chi connectivity index (χ0n) is 9.68. The molecular formula is C11H20BrNO2. The lowest BCUT2D eigenvalue weighted by Gasteiger charge is -2.23. The molecule has 15 heavy (non-hydrogen) atoms. The van der Waals surface area contributed by atoms with Gasteiger partial charge in [-0.2, -0.15) is 0 Å². The van der Waals surface area contributed by atoms with Gasteiger partial charge in [-0.15, -0.1) is 0 Å². The van der Waals surface area contributed by atoms with E-state index in [2.05, 4.69) is 35.1 Å². The van der Waals surface area contributed by atoms with E-state index in [0.717, 1.165) is 18.2 Å². The van der Waals surface area contributed by atoms with Crippen LogP contribution in [0.15, 0.2) is 0 Å². The minimum Gasteiger partial charge on any atom is -0.365 e.